The van der Waals surface area contributed by atoms with E-state index in [1.165, 1.54) is 13.0 Å². The number of amides is 1. The van der Waals surface area contributed by atoms with Crippen molar-refractivity contribution in [1.29, 1.82) is 0 Å². The van der Waals surface area contributed by atoms with Crippen molar-refractivity contribution < 1.29 is 18.4 Å². The maximum absolute atomic E-state index is 13.3. The van der Waals surface area contributed by atoms with Gasteiger partial charge in [-0.15, -0.1) is 0 Å². The number of Topliss-reactive ketones (excluding diaryl/α,β-unsaturated/α-hetero) is 1. The SMILES string of the molecule is CC(=O)C1=C(C)NC(=O)CC1c1ccc(F)c(F)c1. The normalized spacial score (nSPS) is 19.4. The predicted molar refractivity (Wildman–Crippen MR) is 65.2 cm³/mol. The number of benzene rings is 1. The molecule has 5 heteroatoms. The Morgan fingerprint density at radius 2 is 2.00 bits per heavy atom. The largest absolute Gasteiger partial charge is 0.330 e. The third kappa shape index (κ3) is 2.54. The van der Waals surface area contributed by atoms with Gasteiger partial charge in [-0.05, 0) is 31.5 Å². The van der Waals surface area contributed by atoms with Crippen LogP contribution in [0, 0.1) is 11.6 Å². The molecule has 0 fully saturated rings. The predicted octanol–water partition coefficient (Wildman–Crippen LogP) is 2.43. The molecule has 100 valence electrons. The minimum atomic E-state index is -0.982. The molecular formula is C14H13F2NO2. The van der Waals surface area contributed by atoms with Gasteiger partial charge in [0.25, 0.3) is 0 Å². The van der Waals surface area contributed by atoms with Crippen molar-refractivity contribution in [2.75, 3.05) is 0 Å². The number of allylic oxidation sites excluding steroid dienone is 2. The summed E-state index contributed by atoms with van der Waals surface area (Å²) in [5.74, 6) is -2.89. The van der Waals surface area contributed by atoms with Crippen molar-refractivity contribution >= 4 is 11.7 Å². The molecule has 0 bridgehead atoms. The molecule has 1 aliphatic rings. The molecule has 1 aromatic carbocycles. The summed E-state index contributed by atoms with van der Waals surface area (Å²) >= 11 is 0. The maximum Gasteiger partial charge on any atom is 0.225 e. The van der Waals surface area contributed by atoms with Gasteiger partial charge in [-0.25, -0.2) is 8.78 Å². The van der Waals surface area contributed by atoms with Gasteiger partial charge in [0.15, 0.2) is 17.4 Å². The number of rotatable bonds is 2. The fraction of sp³-hybridized carbons (Fsp3) is 0.286. The monoisotopic (exact) mass is 265 g/mol. The highest BCUT2D eigenvalue weighted by Gasteiger charge is 2.30. The van der Waals surface area contributed by atoms with Gasteiger partial charge in [0.1, 0.15) is 0 Å². The molecular weight excluding hydrogens is 252 g/mol. The van der Waals surface area contributed by atoms with Gasteiger partial charge < -0.3 is 5.32 Å². The summed E-state index contributed by atoms with van der Waals surface area (Å²) in [4.78, 5) is 23.2. The van der Waals surface area contributed by atoms with Crippen LogP contribution in [0.5, 0.6) is 0 Å². The minimum Gasteiger partial charge on any atom is -0.330 e. The molecule has 3 nitrogen and oxygen atoms in total. The Labute approximate surface area is 109 Å². The third-order valence-corrected chi connectivity index (χ3v) is 3.19. The van der Waals surface area contributed by atoms with E-state index in [0.29, 0.717) is 16.8 Å². The number of carbonyl (C=O) groups is 2. The van der Waals surface area contributed by atoms with Crippen molar-refractivity contribution in [2.45, 2.75) is 26.2 Å². The van der Waals surface area contributed by atoms with Crippen LogP contribution < -0.4 is 5.32 Å². The summed E-state index contributed by atoms with van der Waals surface area (Å²) in [5.41, 5.74) is 1.34. The number of carbonyl (C=O) groups excluding carboxylic acids is 2. The van der Waals surface area contributed by atoms with Gasteiger partial charge in [0, 0.05) is 23.6 Å². The first-order chi connectivity index (χ1) is 8.90. The Hall–Kier alpha value is -2.04. The van der Waals surface area contributed by atoms with Gasteiger partial charge in [-0.1, -0.05) is 6.07 Å². The lowest BCUT2D eigenvalue weighted by atomic mass is 9.83. The molecule has 1 aromatic rings. The van der Waals surface area contributed by atoms with Crippen molar-refractivity contribution in [3.05, 3.63) is 46.7 Å². The first-order valence-electron chi connectivity index (χ1n) is 5.86. The van der Waals surface area contributed by atoms with E-state index < -0.39 is 17.6 Å². The van der Waals surface area contributed by atoms with Crippen LogP contribution in [0.1, 0.15) is 31.7 Å². The number of nitrogens with one attached hydrogen (secondary N) is 1. The van der Waals surface area contributed by atoms with E-state index in [4.69, 9.17) is 0 Å². The molecule has 19 heavy (non-hydrogen) atoms. The Morgan fingerprint density at radius 1 is 1.32 bits per heavy atom. The van der Waals surface area contributed by atoms with Gasteiger partial charge in [0.2, 0.25) is 5.91 Å². The van der Waals surface area contributed by atoms with E-state index in [-0.39, 0.29) is 18.1 Å². The van der Waals surface area contributed by atoms with Crippen LogP contribution in [0.3, 0.4) is 0 Å². The van der Waals surface area contributed by atoms with E-state index in [2.05, 4.69) is 5.32 Å². The van der Waals surface area contributed by atoms with Crippen LogP contribution in [0.4, 0.5) is 8.78 Å². The standard InChI is InChI=1S/C14H13F2NO2/c1-7-14(8(2)18)10(6-13(19)17-7)9-3-4-11(15)12(16)5-9/h3-5,10H,6H2,1-2H3,(H,17,19). The Morgan fingerprint density at radius 3 is 2.58 bits per heavy atom. The summed E-state index contributed by atoms with van der Waals surface area (Å²) in [5, 5.41) is 2.59. The first-order valence-corrected chi connectivity index (χ1v) is 5.86. The fourth-order valence-corrected chi connectivity index (χ4v) is 2.40. The molecule has 1 unspecified atom stereocenters. The molecule has 2 rings (SSSR count). The molecule has 0 saturated carbocycles. The molecule has 0 spiro atoms. The van der Waals surface area contributed by atoms with Crippen molar-refractivity contribution in [3.63, 3.8) is 0 Å². The molecule has 1 amide bonds. The maximum atomic E-state index is 13.3. The van der Waals surface area contributed by atoms with Crippen LogP contribution in [0.15, 0.2) is 29.5 Å². The van der Waals surface area contributed by atoms with E-state index in [1.54, 1.807) is 6.92 Å². The van der Waals surface area contributed by atoms with Gasteiger partial charge >= 0.3 is 0 Å². The highest BCUT2D eigenvalue weighted by molar-refractivity contribution is 5.99. The summed E-state index contributed by atoms with van der Waals surface area (Å²) in [6.07, 6.45) is 0.0529. The molecule has 0 radical (unpaired) electrons. The van der Waals surface area contributed by atoms with Crippen LogP contribution in [0.2, 0.25) is 0 Å². The van der Waals surface area contributed by atoms with Crippen molar-refractivity contribution in [3.8, 4) is 0 Å². The van der Waals surface area contributed by atoms with E-state index in [1.807, 2.05) is 0 Å². The van der Waals surface area contributed by atoms with Crippen molar-refractivity contribution in [1.82, 2.24) is 5.32 Å². The molecule has 0 aliphatic carbocycles. The Bertz CT molecular complexity index is 593. The zero-order chi connectivity index (χ0) is 14.2. The molecule has 0 aromatic heterocycles. The van der Waals surface area contributed by atoms with E-state index in [9.17, 15) is 18.4 Å². The summed E-state index contributed by atoms with van der Waals surface area (Å²) < 4.78 is 26.2. The second kappa shape index (κ2) is 4.91. The lowest BCUT2D eigenvalue weighted by Gasteiger charge is -2.26. The number of hydrogen-bond donors (Lipinski definition) is 1. The van der Waals surface area contributed by atoms with E-state index >= 15 is 0 Å². The summed E-state index contributed by atoms with van der Waals surface area (Å²) in [6.45, 7) is 3.02. The van der Waals surface area contributed by atoms with E-state index in [0.717, 1.165) is 12.1 Å². The van der Waals surface area contributed by atoms with Gasteiger partial charge in [-0.3, -0.25) is 9.59 Å². The van der Waals surface area contributed by atoms with Crippen LogP contribution >= 0.6 is 0 Å². The Kier molecular flexibility index (Phi) is 3.46. The third-order valence-electron chi connectivity index (χ3n) is 3.19. The average molecular weight is 265 g/mol. The number of ketones is 1. The molecule has 0 saturated heterocycles. The van der Waals surface area contributed by atoms with Gasteiger partial charge in [0.05, 0.1) is 0 Å². The fourth-order valence-electron chi connectivity index (χ4n) is 2.40. The summed E-state index contributed by atoms with van der Waals surface area (Å²) in [7, 11) is 0. The topological polar surface area (TPSA) is 46.2 Å². The lowest BCUT2D eigenvalue weighted by molar-refractivity contribution is -0.121. The van der Waals surface area contributed by atoms with Gasteiger partial charge in [-0.2, -0.15) is 0 Å². The lowest BCUT2D eigenvalue weighted by Crippen LogP contribution is -2.33. The second-order valence-corrected chi connectivity index (χ2v) is 4.57. The summed E-state index contributed by atoms with van der Waals surface area (Å²) in [6, 6.07) is 3.44. The number of halogens is 2. The van der Waals surface area contributed by atoms with Crippen LogP contribution in [0.25, 0.3) is 0 Å². The molecule has 1 heterocycles. The Balaban J connectivity index is 2.51. The van der Waals surface area contributed by atoms with Crippen LogP contribution in [-0.4, -0.2) is 11.7 Å². The first kappa shape index (κ1) is 13.4. The second-order valence-electron chi connectivity index (χ2n) is 4.57. The van der Waals surface area contributed by atoms with Crippen molar-refractivity contribution in [2.24, 2.45) is 0 Å². The molecule has 1 N–H and O–H groups in total. The molecule has 1 aliphatic heterocycles. The quantitative estimate of drug-likeness (QED) is 0.892. The highest BCUT2D eigenvalue weighted by Crippen LogP contribution is 2.33. The average Bonchev–Trinajstić information content (AvgIpc) is 2.31. The minimum absolute atomic E-state index is 0.0529. The molecule has 1 atom stereocenters. The highest BCUT2D eigenvalue weighted by atomic mass is 19.2. The van der Waals surface area contributed by atoms with Crippen LogP contribution in [-0.2, 0) is 9.59 Å². The zero-order valence-electron chi connectivity index (χ0n) is 10.6. The smallest absolute Gasteiger partial charge is 0.225 e. The number of hydrogen-bond acceptors (Lipinski definition) is 2. The zero-order valence-corrected chi connectivity index (χ0v) is 10.6.